The average Bonchev–Trinajstić information content (AvgIpc) is 2.25. The summed E-state index contributed by atoms with van der Waals surface area (Å²) in [4.78, 5) is 11.4. The number of hydrogen-bond acceptors (Lipinski definition) is 4. The molecular formula is C11H16N2O4S. The highest BCUT2D eigenvalue weighted by Gasteiger charge is 2.09. The van der Waals surface area contributed by atoms with Crippen LogP contribution in [0.3, 0.4) is 0 Å². The number of nitrogens with one attached hydrogen (secondary N) is 1. The number of nitrogens with two attached hydrogens (primary N) is 1. The molecule has 1 unspecified atom stereocenters. The summed E-state index contributed by atoms with van der Waals surface area (Å²) in [6, 6.07) is 5.69. The van der Waals surface area contributed by atoms with Gasteiger partial charge in [0.15, 0.2) is 0 Å². The molecule has 0 saturated heterocycles. The van der Waals surface area contributed by atoms with Crippen LogP contribution in [0.15, 0.2) is 29.2 Å². The molecule has 0 fully saturated rings. The Morgan fingerprint density at radius 2 is 2.17 bits per heavy atom. The lowest BCUT2D eigenvalue weighted by Crippen LogP contribution is -2.15. The van der Waals surface area contributed by atoms with Crippen molar-refractivity contribution in [3.63, 3.8) is 0 Å². The third kappa shape index (κ3) is 4.82. The van der Waals surface area contributed by atoms with Gasteiger partial charge >= 0.3 is 0 Å². The van der Waals surface area contributed by atoms with Gasteiger partial charge < -0.3 is 10.4 Å². The van der Waals surface area contributed by atoms with Crippen molar-refractivity contribution >= 4 is 21.6 Å². The number of aliphatic hydroxyl groups excluding tert-OH is 1. The van der Waals surface area contributed by atoms with E-state index in [4.69, 9.17) is 10.2 Å². The fourth-order valence-electron chi connectivity index (χ4n) is 1.31. The number of amides is 1. The summed E-state index contributed by atoms with van der Waals surface area (Å²) in [7, 11) is -3.78. The molecule has 0 aliphatic rings. The van der Waals surface area contributed by atoms with Gasteiger partial charge in [-0.3, -0.25) is 4.79 Å². The maximum Gasteiger partial charge on any atom is 0.238 e. The number of aliphatic hydroxyl groups is 1. The number of carbonyl (C=O) groups excluding carboxylic acids is 1. The maximum atomic E-state index is 11.5. The minimum Gasteiger partial charge on any atom is -0.393 e. The van der Waals surface area contributed by atoms with Crippen LogP contribution in [0.4, 0.5) is 5.69 Å². The lowest BCUT2D eigenvalue weighted by atomic mass is 10.2. The molecule has 0 aromatic heterocycles. The zero-order valence-corrected chi connectivity index (χ0v) is 10.8. The van der Waals surface area contributed by atoms with Crippen molar-refractivity contribution < 1.29 is 18.3 Å². The predicted octanol–water partition coefficient (Wildman–Crippen LogP) is 0.433. The Hall–Kier alpha value is -1.44. The van der Waals surface area contributed by atoms with E-state index in [9.17, 15) is 13.2 Å². The van der Waals surface area contributed by atoms with E-state index in [0.29, 0.717) is 12.1 Å². The highest BCUT2D eigenvalue weighted by Crippen LogP contribution is 2.14. The first kappa shape index (κ1) is 14.6. The molecule has 0 spiro atoms. The first-order valence-corrected chi connectivity index (χ1v) is 6.94. The Morgan fingerprint density at radius 3 is 2.72 bits per heavy atom. The second kappa shape index (κ2) is 5.94. The summed E-state index contributed by atoms with van der Waals surface area (Å²) in [6.07, 6.45) is -0.0376. The van der Waals surface area contributed by atoms with Crippen LogP contribution < -0.4 is 10.5 Å². The SMILES string of the molecule is CC(O)CCC(=O)Nc1cccc(S(N)(=O)=O)c1. The Kier molecular flexibility index (Phi) is 4.83. The molecule has 7 heteroatoms. The minimum absolute atomic E-state index is 0.0594. The second-order valence-corrected chi connectivity index (χ2v) is 5.57. The van der Waals surface area contributed by atoms with Crippen molar-refractivity contribution in [1.29, 1.82) is 0 Å². The van der Waals surface area contributed by atoms with E-state index in [1.54, 1.807) is 13.0 Å². The zero-order chi connectivity index (χ0) is 13.8. The summed E-state index contributed by atoms with van der Waals surface area (Å²) in [5.41, 5.74) is 0.358. The van der Waals surface area contributed by atoms with E-state index >= 15 is 0 Å². The molecule has 0 radical (unpaired) electrons. The lowest BCUT2D eigenvalue weighted by Gasteiger charge is -2.07. The van der Waals surface area contributed by atoms with Crippen molar-refractivity contribution in [1.82, 2.24) is 0 Å². The number of primary sulfonamides is 1. The lowest BCUT2D eigenvalue weighted by molar-refractivity contribution is -0.116. The molecule has 0 aliphatic carbocycles. The van der Waals surface area contributed by atoms with Crippen molar-refractivity contribution in [2.24, 2.45) is 5.14 Å². The van der Waals surface area contributed by atoms with Gasteiger partial charge in [0, 0.05) is 12.1 Å². The molecule has 18 heavy (non-hydrogen) atoms. The second-order valence-electron chi connectivity index (χ2n) is 4.01. The molecule has 1 atom stereocenters. The maximum absolute atomic E-state index is 11.5. The third-order valence-corrected chi connectivity index (χ3v) is 3.15. The van der Waals surface area contributed by atoms with Crippen LogP contribution in [-0.4, -0.2) is 25.5 Å². The molecule has 6 nitrogen and oxygen atoms in total. The molecular weight excluding hydrogens is 256 g/mol. The van der Waals surface area contributed by atoms with Crippen molar-refractivity contribution in [2.45, 2.75) is 30.8 Å². The Labute approximate surface area is 106 Å². The largest absolute Gasteiger partial charge is 0.393 e. The predicted molar refractivity (Wildman–Crippen MR) is 67.4 cm³/mol. The van der Waals surface area contributed by atoms with Crippen LogP contribution >= 0.6 is 0 Å². The van der Waals surface area contributed by atoms with Gasteiger partial charge in [-0.15, -0.1) is 0 Å². The van der Waals surface area contributed by atoms with Crippen molar-refractivity contribution in [3.05, 3.63) is 24.3 Å². The van der Waals surface area contributed by atoms with Gasteiger partial charge in [-0.1, -0.05) is 6.07 Å². The fraction of sp³-hybridized carbons (Fsp3) is 0.364. The van der Waals surface area contributed by atoms with E-state index in [2.05, 4.69) is 5.32 Å². The number of hydrogen-bond donors (Lipinski definition) is 3. The van der Waals surface area contributed by atoms with Gasteiger partial charge in [-0.2, -0.15) is 0 Å². The summed E-state index contributed by atoms with van der Waals surface area (Å²) in [5, 5.41) is 16.6. The minimum atomic E-state index is -3.78. The number of anilines is 1. The Morgan fingerprint density at radius 1 is 1.50 bits per heavy atom. The van der Waals surface area contributed by atoms with Crippen LogP contribution in [0.1, 0.15) is 19.8 Å². The van der Waals surface area contributed by atoms with E-state index in [-0.39, 0.29) is 17.2 Å². The molecule has 0 saturated carbocycles. The molecule has 4 N–H and O–H groups in total. The standard InChI is InChI=1S/C11H16N2O4S/c1-8(14)5-6-11(15)13-9-3-2-4-10(7-9)18(12,16)17/h2-4,7-8,14H,5-6H2,1H3,(H,13,15)(H2,12,16,17). The summed E-state index contributed by atoms with van der Waals surface area (Å²) < 4.78 is 22.2. The highest BCUT2D eigenvalue weighted by molar-refractivity contribution is 7.89. The van der Waals surface area contributed by atoms with Crippen molar-refractivity contribution in [2.75, 3.05) is 5.32 Å². The van der Waals surface area contributed by atoms with E-state index in [0.717, 1.165) is 0 Å². The zero-order valence-electron chi connectivity index (χ0n) is 9.96. The van der Waals surface area contributed by atoms with Crippen molar-refractivity contribution in [3.8, 4) is 0 Å². The normalized spacial score (nSPS) is 13.1. The quantitative estimate of drug-likeness (QED) is 0.722. The summed E-state index contributed by atoms with van der Waals surface area (Å²) in [6.45, 7) is 1.59. The third-order valence-electron chi connectivity index (χ3n) is 2.24. The van der Waals surface area contributed by atoms with E-state index < -0.39 is 16.1 Å². The number of benzene rings is 1. The molecule has 1 aromatic carbocycles. The average molecular weight is 272 g/mol. The fourth-order valence-corrected chi connectivity index (χ4v) is 1.87. The van der Waals surface area contributed by atoms with Crippen LogP contribution in [0.5, 0.6) is 0 Å². The van der Waals surface area contributed by atoms with Crippen LogP contribution in [0.2, 0.25) is 0 Å². The van der Waals surface area contributed by atoms with E-state index in [1.807, 2.05) is 0 Å². The molecule has 1 amide bonds. The molecule has 0 heterocycles. The number of sulfonamides is 1. The van der Waals surface area contributed by atoms with Crippen LogP contribution in [0, 0.1) is 0 Å². The highest BCUT2D eigenvalue weighted by atomic mass is 32.2. The van der Waals surface area contributed by atoms with Gasteiger partial charge in [0.25, 0.3) is 0 Å². The Balaban J connectivity index is 2.71. The van der Waals surface area contributed by atoms with Gasteiger partial charge in [-0.25, -0.2) is 13.6 Å². The topological polar surface area (TPSA) is 109 Å². The van der Waals surface area contributed by atoms with Gasteiger partial charge in [-0.05, 0) is 31.5 Å². The molecule has 0 aliphatic heterocycles. The summed E-state index contributed by atoms with van der Waals surface area (Å²) in [5.74, 6) is -0.289. The van der Waals surface area contributed by atoms with Crippen LogP contribution in [0.25, 0.3) is 0 Å². The van der Waals surface area contributed by atoms with Gasteiger partial charge in [0.05, 0.1) is 11.0 Å². The number of rotatable bonds is 5. The smallest absolute Gasteiger partial charge is 0.238 e. The molecule has 1 aromatic rings. The molecule has 1 rings (SSSR count). The molecule has 0 bridgehead atoms. The van der Waals surface area contributed by atoms with Crippen LogP contribution in [-0.2, 0) is 14.8 Å². The first-order chi connectivity index (χ1) is 8.29. The summed E-state index contributed by atoms with van der Waals surface area (Å²) >= 11 is 0. The van der Waals surface area contributed by atoms with E-state index in [1.165, 1.54) is 18.2 Å². The first-order valence-electron chi connectivity index (χ1n) is 5.40. The monoisotopic (exact) mass is 272 g/mol. The van der Waals surface area contributed by atoms with Gasteiger partial charge in [0.1, 0.15) is 0 Å². The molecule has 100 valence electrons. The Bertz CT molecular complexity index is 526. The van der Waals surface area contributed by atoms with Gasteiger partial charge in [0.2, 0.25) is 15.9 Å². The number of carbonyl (C=O) groups is 1.